The summed E-state index contributed by atoms with van der Waals surface area (Å²) in [6.45, 7) is 9.50. The second-order valence-corrected chi connectivity index (χ2v) is 7.05. The molecule has 0 saturated carbocycles. The minimum Gasteiger partial charge on any atom is -0.378 e. The van der Waals surface area contributed by atoms with Crippen LogP contribution in [0.25, 0.3) is 0 Å². The van der Waals surface area contributed by atoms with Crippen molar-refractivity contribution >= 4 is 28.1 Å². The molecule has 1 aliphatic heterocycles. The van der Waals surface area contributed by atoms with Crippen molar-refractivity contribution < 1.29 is 9.53 Å². The zero-order valence-electron chi connectivity index (χ0n) is 14.2. The molecule has 1 aromatic heterocycles. The van der Waals surface area contributed by atoms with Crippen LogP contribution in [0, 0.1) is 5.92 Å². The van der Waals surface area contributed by atoms with Crippen LogP contribution in [0.3, 0.4) is 0 Å². The van der Waals surface area contributed by atoms with E-state index in [4.69, 9.17) is 4.74 Å². The lowest BCUT2D eigenvalue weighted by Crippen LogP contribution is -2.36. The number of morpholine rings is 1. The van der Waals surface area contributed by atoms with Crippen molar-refractivity contribution in [2.45, 2.75) is 40.0 Å². The van der Waals surface area contributed by atoms with Gasteiger partial charge < -0.3 is 9.64 Å². The zero-order valence-corrected chi connectivity index (χ0v) is 15.0. The number of amides is 1. The van der Waals surface area contributed by atoms with Gasteiger partial charge in [-0.1, -0.05) is 13.8 Å². The van der Waals surface area contributed by atoms with Gasteiger partial charge in [0.1, 0.15) is 0 Å². The molecule has 0 radical (unpaired) electrons. The van der Waals surface area contributed by atoms with Gasteiger partial charge >= 0.3 is 0 Å². The molecule has 6 nitrogen and oxygen atoms in total. The third kappa shape index (κ3) is 6.27. The van der Waals surface area contributed by atoms with Crippen LogP contribution in [-0.4, -0.2) is 42.9 Å². The highest BCUT2D eigenvalue weighted by atomic mass is 32.1. The Labute approximate surface area is 141 Å². The quantitative estimate of drug-likeness (QED) is 0.612. The molecule has 2 rings (SSSR count). The smallest absolute Gasteiger partial charge is 0.246 e. The molecule has 0 aliphatic carbocycles. The summed E-state index contributed by atoms with van der Waals surface area (Å²) in [5.41, 5.74) is 4.38. The summed E-state index contributed by atoms with van der Waals surface area (Å²) in [4.78, 5) is 18.7. The SMILES string of the molecule is CC(CCC(C)C)=NNC(=O)Cc1csc(N2CCOCC2)n1. The van der Waals surface area contributed by atoms with E-state index in [1.165, 1.54) is 0 Å². The van der Waals surface area contributed by atoms with E-state index in [9.17, 15) is 4.79 Å². The maximum atomic E-state index is 12.0. The van der Waals surface area contributed by atoms with Crippen molar-refractivity contribution in [3.8, 4) is 0 Å². The lowest BCUT2D eigenvalue weighted by molar-refractivity contribution is -0.120. The molecular weight excluding hydrogens is 312 g/mol. The van der Waals surface area contributed by atoms with E-state index in [0.717, 1.165) is 55.7 Å². The van der Waals surface area contributed by atoms with Crippen LogP contribution in [0.4, 0.5) is 5.13 Å². The van der Waals surface area contributed by atoms with Crippen LogP contribution in [0.1, 0.15) is 39.3 Å². The number of ether oxygens (including phenoxy) is 1. The van der Waals surface area contributed by atoms with Crippen LogP contribution >= 0.6 is 11.3 Å². The summed E-state index contributed by atoms with van der Waals surface area (Å²) in [7, 11) is 0. The van der Waals surface area contributed by atoms with Crippen LogP contribution in [0.15, 0.2) is 10.5 Å². The normalized spacial score (nSPS) is 16.0. The van der Waals surface area contributed by atoms with E-state index in [0.29, 0.717) is 5.92 Å². The number of hydrogen-bond acceptors (Lipinski definition) is 6. The van der Waals surface area contributed by atoms with Crippen molar-refractivity contribution in [3.63, 3.8) is 0 Å². The Balaban J connectivity index is 1.79. The summed E-state index contributed by atoms with van der Waals surface area (Å²) in [6.07, 6.45) is 2.26. The third-order valence-electron chi connectivity index (χ3n) is 3.62. The first kappa shape index (κ1) is 17.9. The van der Waals surface area contributed by atoms with E-state index >= 15 is 0 Å². The molecule has 0 unspecified atom stereocenters. The van der Waals surface area contributed by atoms with Gasteiger partial charge in [0.15, 0.2) is 5.13 Å². The molecule has 0 atom stereocenters. The minimum atomic E-state index is -0.118. The first-order chi connectivity index (χ1) is 11.0. The first-order valence-corrected chi connectivity index (χ1v) is 9.01. The van der Waals surface area contributed by atoms with Crippen molar-refractivity contribution in [2.75, 3.05) is 31.2 Å². The Bertz CT molecular complexity index is 536. The zero-order chi connectivity index (χ0) is 16.7. The summed E-state index contributed by atoms with van der Waals surface area (Å²) in [6, 6.07) is 0. The van der Waals surface area contributed by atoms with Gasteiger partial charge in [0.25, 0.3) is 0 Å². The molecule has 0 bridgehead atoms. The van der Waals surface area contributed by atoms with Gasteiger partial charge in [-0.25, -0.2) is 10.4 Å². The van der Waals surface area contributed by atoms with E-state index in [1.54, 1.807) is 11.3 Å². The van der Waals surface area contributed by atoms with Gasteiger partial charge in [-0.3, -0.25) is 4.79 Å². The summed E-state index contributed by atoms with van der Waals surface area (Å²) in [5, 5.41) is 7.06. The molecule has 23 heavy (non-hydrogen) atoms. The van der Waals surface area contributed by atoms with Crippen LogP contribution in [-0.2, 0) is 16.0 Å². The molecular formula is C16H26N4O2S. The predicted molar refractivity (Wildman–Crippen MR) is 94.2 cm³/mol. The van der Waals surface area contributed by atoms with E-state index < -0.39 is 0 Å². The van der Waals surface area contributed by atoms with E-state index in [2.05, 4.69) is 34.3 Å². The van der Waals surface area contributed by atoms with Gasteiger partial charge in [-0.15, -0.1) is 11.3 Å². The van der Waals surface area contributed by atoms with Gasteiger partial charge in [0.05, 0.1) is 25.3 Å². The standard InChI is InChI=1S/C16H26N4O2S/c1-12(2)4-5-13(3)18-19-15(21)10-14-11-23-16(17-14)20-6-8-22-9-7-20/h11-12H,4-10H2,1-3H3,(H,19,21). The van der Waals surface area contributed by atoms with Crippen LogP contribution in [0.5, 0.6) is 0 Å². The predicted octanol–water partition coefficient (Wildman–Crippen LogP) is 2.45. The van der Waals surface area contributed by atoms with Crippen molar-refractivity contribution in [1.82, 2.24) is 10.4 Å². The molecule has 2 heterocycles. The highest BCUT2D eigenvalue weighted by molar-refractivity contribution is 7.13. The number of nitrogens with zero attached hydrogens (tertiary/aromatic N) is 3. The van der Waals surface area contributed by atoms with E-state index in [-0.39, 0.29) is 12.3 Å². The van der Waals surface area contributed by atoms with Gasteiger partial charge in [0, 0.05) is 24.2 Å². The second kappa shape index (κ2) is 8.98. The topological polar surface area (TPSA) is 66.8 Å². The van der Waals surface area contributed by atoms with Gasteiger partial charge in [0.2, 0.25) is 5.91 Å². The van der Waals surface area contributed by atoms with Crippen molar-refractivity contribution in [2.24, 2.45) is 11.0 Å². The molecule has 1 aromatic rings. The van der Waals surface area contributed by atoms with Crippen molar-refractivity contribution in [1.29, 1.82) is 0 Å². The first-order valence-electron chi connectivity index (χ1n) is 8.13. The number of anilines is 1. The molecule has 0 spiro atoms. The number of thiazole rings is 1. The molecule has 0 aromatic carbocycles. The van der Waals surface area contributed by atoms with Gasteiger partial charge in [-0.05, 0) is 25.7 Å². The fraction of sp³-hybridized carbons (Fsp3) is 0.688. The third-order valence-corrected chi connectivity index (χ3v) is 4.57. The number of aromatic nitrogens is 1. The molecule has 1 amide bonds. The number of hydrazone groups is 1. The minimum absolute atomic E-state index is 0.118. The largest absolute Gasteiger partial charge is 0.378 e. The highest BCUT2D eigenvalue weighted by Crippen LogP contribution is 2.21. The molecule has 1 fully saturated rings. The molecule has 1 N–H and O–H groups in total. The van der Waals surface area contributed by atoms with E-state index in [1.807, 2.05) is 12.3 Å². The van der Waals surface area contributed by atoms with Gasteiger partial charge in [-0.2, -0.15) is 5.10 Å². The number of hydrogen-bond donors (Lipinski definition) is 1. The monoisotopic (exact) mass is 338 g/mol. The van der Waals surface area contributed by atoms with Crippen molar-refractivity contribution in [3.05, 3.63) is 11.1 Å². The van der Waals surface area contributed by atoms with Crippen LogP contribution in [0.2, 0.25) is 0 Å². The summed E-state index contributed by atoms with van der Waals surface area (Å²) in [5.74, 6) is 0.525. The number of carbonyl (C=O) groups excluding carboxylic acids is 1. The second-order valence-electron chi connectivity index (χ2n) is 6.21. The summed E-state index contributed by atoms with van der Waals surface area (Å²) < 4.78 is 5.34. The lowest BCUT2D eigenvalue weighted by Gasteiger charge is -2.26. The Morgan fingerprint density at radius 2 is 2.22 bits per heavy atom. The number of carbonyl (C=O) groups is 1. The number of nitrogens with one attached hydrogen (secondary N) is 1. The molecule has 128 valence electrons. The maximum Gasteiger partial charge on any atom is 0.246 e. The molecule has 1 saturated heterocycles. The fourth-order valence-electron chi connectivity index (χ4n) is 2.19. The fourth-order valence-corrected chi connectivity index (χ4v) is 3.07. The Morgan fingerprint density at radius 1 is 1.48 bits per heavy atom. The summed E-state index contributed by atoms with van der Waals surface area (Å²) >= 11 is 1.58. The Kier molecular flexibility index (Phi) is 6.98. The molecule has 7 heteroatoms. The van der Waals surface area contributed by atoms with Crippen LogP contribution < -0.4 is 10.3 Å². The number of rotatable bonds is 7. The Hall–Kier alpha value is -1.47. The highest BCUT2D eigenvalue weighted by Gasteiger charge is 2.15. The Morgan fingerprint density at radius 3 is 2.91 bits per heavy atom. The maximum absolute atomic E-state index is 12.0. The average Bonchev–Trinajstić information content (AvgIpc) is 3.00. The molecule has 1 aliphatic rings. The lowest BCUT2D eigenvalue weighted by atomic mass is 10.1. The average molecular weight is 338 g/mol.